The van der Waals surface area contributed by atoms with E-state index < -0.39 is 0 Å². The summed E-state index contributed by atoms with van der Waals surface area (Å²) in [6.45, 7) is 8.70. The molecule has 0 unspecified atom stereocenters. The van der Waals surface area contributed by atoms with Crippen LogP contribution in [0.15, 0.2) is 29.3 Å². The summed E-state index contributed by atoms with van der Waals surface area (Å²) < 4.78 is 0. The lowest BCUT2D eigenvalue weighted by Crippen LogP contribution is -2.45. The molecule has 0 saturated heterocycles. The Bertz CT molecular complexity index is 588. The van der Waals surface area contributed by atoms with Gasteiger partial charge in [-0.25, -0.2) is 0 Å². The molecule has 5 heteroatoms. The molecule has 1 amide bonds. The summed E-state index contributed by atoms with van der Waals surface area (Å²) in [6.07, 6.45) is 3.14. The van der Waals surface area contributed by atoms with Crippen LogP contribution in [0.4, 0.5) is 0 Å². The highest BCUT2D eigenvalue weighted by Crippen LogP contribution is 2.28. The van der Waals surface area contributed by atoms with Gasteiger partial charge in [-0.05, 0) is 30.4 Å². The van der Waals surface area contributed by atoms with E-state index in [0.29, 0.717) is 13.1 Å². The minimum atomic E-state index is 0.00405. The number of nitrogens with one attached hydrogen (secondary N) is 3. The van der Waals surface area contributed by atoms with Crippen LogP contribution < -0.4 is 16.0 Å². The Morgan fingerprint density at radius 2 is 1.76 bits per heavy atom. The zero-order valence-corrected chi connectivity index (χ0v) is 16.0. The number of guanidine groups is 1. The first-order valence-electron chi connectivity index (χ1n) is 9.28. The van der Waals surface area contributed by atoms with Crippen molar-refractivity contribution in [1.82, 2.24) is 16.0 Å². The van der Waals surface area contributed by atoms with Crippen LogP contribution >= 0.6 is 0 Å². The standard InChI is InChI=1S/C20H32N4O/c1-5-15-6-10-17(11-7-15)20(2,3)14-24-19(21-4)23-13-12-22-18(25)16-8-9-16/h6-7,10-11,16H,5,8-9,12-14H2,1-4H3,(H,22,25)(H2,21,23,24). The molecule has 1 fully saturated rings. The number of aryl methyl sites for hydroxylation is 1. The molecule has 1 aliphatic rings. The number of aliphatic imine (C=N–C) groups is 1. The lowest BCUT2D eigenvalue weighted by Gasteiger charge is -2.27. The summed E-state index contributed by atoms with van der Waals surface area (Å²) in [5, 5.41) is 9.59. The lowest BCUT2D eigenvalue weighted by atomic mass is 9.84. The number of carbonyl (C=O) groups is 1. The van der Waals surface area contributed by atoms with Gasteiger partial charge in [-0.2, -0.15) is 0 Å². The third kappa shape index (κ3) is 6.07. The Balaban J connectivity index is 1.74. The smallest absolute Gasteiger partial charge is 0.223 e. The van der Waals surface area contributed by atoms with Gasteiger partial charge in [0, 0.05) is 38.0 Å². The van der Waals surface area contributed by atoms with E-state index >= 15 is 0 Å². The number of benzene rings is 1. The summed E-state index contributed by atoms with van der Waals surface area (Å²) >= 11 is 0. The first kappa shape index (κ1) is 19.3. The molecule has 25 heavy (non-hydrogen) atoms. The molecule has 0 radical (unpaired) electrons. The second kappa shape index (κ2) is 8.88. The molecule has 1 aromatic rings. The van der Waals surface area contributed by atoms with Gasteiger partial charge in [-0.1, -0.05) is 45.0 Å². The normalized spacial score (nSPS) is 15.0. The number of rotatable bonds is 8. The SMILES string of the molecule is CCc1ccc(C(C)(C)CNC(=NC)NCCNC(=O)C2CC2)cc1. The third-order valence-corrected chi connectivity index (χ3v) is 4.73. The molecular formula is C20H32N4O. The van der Waals surface area contributed by atoms with Crippen LogP contribution in [0.5, 0.6) is 0 Å². The van der Waals surface area contributed by atoms with Crippen LogP contribution in [0.25, 0.3) is 0 Å². The first-order valence-corrected chi connectivity index (χ1v) is 9.28. The van der Waals surface area contributed by atoms with Crippen molar-refractivity contribution in [1.29, 1.82) is 0 Å². The topological polar surface area (TPSA) is 65.5 Å². The molecule has 0 aromatic heterocycles. The zero-order chi connectivity index (χ0) is 18.3. The number of hydrogen-bond donors (Lipinski definition) is 3. The summed E-state index contributed by atoms with van der Waals surface area (Å²) in [5.41, 5.74) is 2.67. The number of carbonyl (C=O) groups excluding carboxylic acids is 1. The summed E-state index contributed by atoms with van der Waals surface area (Å²) in [4.78, 5) is 15.9. The van der Waals surface area contributed by atoms with Crippen LogP contribution in [0.1, 0.15) is 44.7 Å². The Kier molecular flexibility index (Phi) is 6.85. The predicted molar refractivity (Wildman–Crippen MR) is 104 cm³/mol. The van der Waals surface area contributed by atoms with Crippen molar-refractivity contribution in [2.75, 3.05) is 26.7 Å². The van der Waals surface area contributed by atoms with Gasteiger partial charge in [-0.15, -0.1) is 0 Å². The predicted octanol–water partition coefficient (Wildman–Crippen LogP) is 2.22. The Labute approximate surface area is 151 Å². The molecular weight excluding hydrogens is 312 g/mol. The fourth-order valence-corrected chi connectivity index (χ4v) is 2.68. The van der Waals surface area contributed by atoms with Gasteiger partial charge in [0.1, 0.15) is 0 Å². The molecule has 0 heterocycles. The lowest BCUT2D eigenvalue weighted by molar-refractivity contribution is -0.122. The maximum absolute atomic E-state index is 11.6. The molecule has 0 aliphatic heterocycles. The van der Waals surface area contributed by atoms with Crippen molar-refractivity contribution < 1.29 is 4.79 Å². The maximum atomic E-state index is 11.6. The van der Waals surface area contributed by atoms with Gasteiger partial charge in [0.25, 0.3) is 0 Å². The molecule has 0 bridgehead atoms. The quantitative estimate of drug-likeness (QED) is 0.385. The van der Waals surface area contributed by atoms with Crippen molar-refractivity contribution in [3.05, 3.63) is 35.4 Å². The molecule has 5 nitrogen and oxygen atoms in total. The Hall–Kier alpha value is -2.04. The molecule has 0 atom stereocenters. The highest BCUT2D eigenvalue weighted by atomic mass is 16.2. The van der Waals surface area contributed by atoms with E-state index in [1.807, 2.05) is 0 Å². The van der Waals surface area contributed by atoms with Gasteiger partial charge in [-0.3, -0.25) is 9.79 Å². The Morgan fingerprint density at radius 1 is 1.12 bits per heavy atom. The van der Waals surface area contributed by atoms with Crippen LogP contribution in [-0.4, -0.2) is 38.5 Å². The van der Waals surface area contributed by atoms with Crippen LogP contribution in [0, 0.1) is 5.92 Å². The second-order valence-corrected chi connectivity index (χ2v) is 7.35. The van der Waals surface area contributed by atoms with Crippen molar-refractivity contribution >= 4 is 11.9 Å². The maximum Gasteiger partial charge on any atom is 0.223 e. The van der Waals surface area contributed by atoms with E-state index in [4.69, 9.17) is 0 Å². The van der Waals surface area contributed by atoms with Crippen LogP contribution in [-0.2, 0) is 16.6 Å². The van der Waals surface area contributed by atoms with E-state index in [0.717, 1.165) is 31.8 Å². The van der Waals surface area contributed by atoms with E-state index in [-0.39, 0.29) is 17.2 Å². The number of amides is 1. The summed E-state index contributed by atoms with van der Waals surface area (Å²) in [7, 11) is 1.77. The Morgan fingerprint density at radius 3 is 2.32 bits per heavy atom. The van der Waals surface area contributed by atoms with Gasteiger partial charge in [0.2, 0.25) is 5.91 Å². The highest BCUT2D eigenvalue weighted by molar-refractivity contribution is 5.81. The highest BCUT2D eigenvalue weighted by Gasteiger charge is 2.29. The summed E-state index contributed by atoms with van der Waals surface area (Å²) in [6, 6.07) is 8.83. The molecule has 138 valence electrons. The zero-order valence-electron chi connectivity index (χ0n) is 16.0. The molecule has 1 saturated carbocycles. The average molecular weight is 345 g/mol. The largest absolute Gasteiger partial charge is 0.356 e. The molecule has 3 N–H and O–H groups in total. The van der Waals surface area contributed by atoms with E-state index in [9.17, 15) is 4.79 Å². The molecule has 1 aliphatic carbocycles. The monoisotopic (exact) mass is 344 g/mol. The van der Waals surface area contributed by atoms with Crippen molar-refractivity contribution in [3.8, 4) is 0 Å². The number of nitrogens with zero attached hydrogens (tertiary/aromatic N) is 1. The van der Waals surface area contributed by atoms with E-state index in [1.165, 1.54) is 11.1 Å². The van der Waals surface area contributed by atoms with E-state index in [1.54, 1.807) is 7.05 Å². The van der Waals surface area contributed by atoms with Crippen LogP contribution in [0.3, 0.4) is 0 Å². The van der Waals surface area contributed by atoms with Gasteiger partial charge >= 0.3 is 0 Å². The fraction of sp³-hybridized carbons (Fsp3) is 0.600. The van der Waals surface area contributed by atoms with Gasteiger partial charge < -0.3 is 16.0 Å². The number of hydrogen-bond acceptors (Lipinski definition) is 2. The van der Waals surface area contributed by atoms with Gasteiger partial charge in [0.05, 0.1) is 0 Å². The minimum Gasteiger partial charge on any atom is -0.356 e. The van der Waals surface area contributed by atoms with Crippen molar-refractivity contribution in [2.24, 2.45) is 10.9 Å². The second-order valence-electron chi connectivity index (χ2n) is 7.35. The fourth-order valence-electron chi connectivity index (χ4n) is 2.68. The molecule has 0 spiro atoms. The minimum absolute atomic E-state index is 0.00405. The molecule has 1 aromatic carbocycles. The third-order valence-electron chi connectivity index (χ3n) is 4.73. The van der Waals surface area contributed by atoms with Crippen LogP contribution in [0.2, 0.25) is 0 Å². The van der Waals surface area contributed by atoms with Crippen molar-refractivity contribution in [2.45, 2.75) is 45.4 Å². The van der Waals surface area contributed by atoms with Gasteiger partial charge in [0.15, 0.2) is 5.96 Å². The molecule has 2 rings (SSSR count). The first-order chi connectivity index (χ1) is 12.0. The van der Waals surface area contributed by atoms with E-state index in [2.05, 4.69) is 66.0 Å². The van der Waals surface area contributed by atoms with Crippen molar-refractivity contribution in [3.63, 3.8) is 0 Å². The average Bonchev–Trinajstić information content (AvgIpc) is 3.46. The summed E-state index contributed by atoms with van der Waals surface area (Å²) in [5.74, 6) is 1.21.